The van der Waals surface area contributed by atoms with Crippen LogP contribution in [0.5, 0.6) is 0 Å². The molecule has 2 amide bonds. The molecule has 4 aliphatic carbocycles. The first kappa shape index (κ1) is 32.3. The lowest BCUT2D eigenvalue weighted by Gasteiger charge is -2.64. The Labute approximate surface area is 255 Å². The molecule has 43 heavy (non-hydrogen) atoms. The molecule has 0 saturated heterocycles. The Kier molecular flexibility index (Phi) is 9.04. The van der Waals surface area contributed by atoms with E-state index in [4.69, 9.17) is 0 Å². The fourth-order valence-electron chi connectivity index (χ4n) is 10.6. The number of carbonyl (C=O) groups excluding carboxylic acids is 2. The zero-order valence-corrected chi connectivity index (χ0v) is 26.7. The van der Waals surface area contributed by atoms with Crippen molar-refractivity contribution in [1.82, 2.24) is 10.0 Å². The Morgan fingerprint density at radius 2 is 1.63 bits per heavy atom. The molecule has 0 aromatic heterocycles. The molecule has 4 fully saturated rings. The lowest BCUT2D eigenvalue weighted by molar-refractivity contribution is -0.194. The summed E-state index contributed by atoms with van der Waals surface area (Å²) in [4.78, 5) is 23.9. The van der Waals surface area contributed by atoms with E-state index in [0.717, 1.165) is 32.1 Å². The molecule has 1 aromatic rings. The number of amides is 2. The van der Waals surface area contributed by atoms with Gasteiger partial charge in [0, 0.05) is 12.6 Å². The first-order valence-corrected chi connectivity index (χ1v) is 17.7. The van der Waals surface area contributed by atoms with Crippen molar-refractivity contribution in [2.75, 3.05) is 6.54 Å². The number of halogens is 2. The van der Waals surface area contributed by atoms with E-state index in [1.165, 1.54) is 25.7 Å². The maximum atomic E-state index is 13.5. The third kappa shape index (κ3) is 5.75. The molecule has 10 heteroatoms. The highest BCUT2D eigenvalue weighted by atomic mass is 32.2. The highest BCUT2D eigenvalue weighted by Gasteiger charge is 2.64. The van der Waals surface area contributed by atoms with Gasteiger partial charge in [0.15, 0.2) is 0 Å². The van der Waals surface area contributed by atoms with Crippen LogP contribution in [-0.2, 0) is 19.6 Å². The largest absolute Gasteiger partial charge is 0.393 e. The van der Waals surface area contributed by atoms with Crippen LogP contribution in [0.15, 0.2) is 23.1 Å². The summed E-state index contributed by atoms with van der Waals surface area (Å²) in [7, 11) is -4.62. The second kappa shape index (κ2) is 12.0. The van der Waals surface area contributed by atoms with Crippen molar-refractivity contribution in [2.45, 2.75) is 103 Å². The maximum absolute atomic E-state index is 13.5. The van der Waals surface area contributed by atoms with E-state index in [9.17, 15) is 31.9 Å². The quantitative estimate of drug-likeness (QED) is 0.345. The topological polar surface area (TPSA) is 113 Å². The summed E-state index contributed by atoms with van der Waals surface area (Å²) in [5.41, 5.74) is 0.419. The first-order valence-electron chi connectivity index (χ1n) is 16.2. The standard InChI is InChI=1S/C33H48F2N2O5S/c1-5-23-25-8-6-7-13-32(25,3)27-11-14-33(4)24(9-10-26(33)28(27)29(23)38)19(2)12-15-36-30(39)31(40)37-43(41,42)22-17-20(34)16-21(35)18-22/h16-19,23-29,38H,5-15H2,1-4H3,(H,36,39)(H,37,40)/t19-,23-,24-,25+,26+,27+,28+,29-,32+,33-/m1/s1. The summed E-state index contributed by atoms with van der Waals surface area (Å²) in [5.74, 6) is -1.70. The summed E-state index contributed by atoms with van der Waals surface area (Å²) in [5, 5.41) is 14.4. The van der Waals surface area contributed by atoms with E-state index in [-0.39, 0.29) is 24.0 Å². The summed E-state index contributed by atoms with van der Waals surface area (Å²) in [6.07, 6.45) is 11.0. The minimum Gasteiger partial charge on any atom is -0.393 e. The van der Waals surface area contributed by atoms with Crippen LogP contribution < -0.4 is 10.0 Å². The molecule has 0 aliphatic heterocycles. The van der Waals surface area contributed by atoms with Gasteiger partial charge in [-0.25, -0.2) is 21.9 Å². The van der Waals surface area contributed by atoms with Crippen LogP contribution in [0, 0.1) is 63.9 Å². The first-order chi connectivity index (χ1) is 20.2. The Hall–Kier alpha value is -2.07. The van der Waals surface area contributed by atoms with Gasteiger partial charge in [-0.05, 0) is 109 Å². The molecular weight excluding hydrogens is 574 g/mol. The van der Waals surface area contributed by atoms with Crippen molar-refractivity contribution >= 4 is 21.8 Å². The van der Waals surface area contributed by atoms with Gasteiger partial charge in [0.2, 0.25) is 0 Å². The molecule has 4 saturated carbocycles. The van der Waals surface area contributed by atoms with Crippen molar-refractivity contribution in [1.29, 1.82) is 0 Å². The van der Waals surface area contributed by atoms with Gasteiger partial charge in [0.25, 0.3) is 10.0 Å². The summed E-state index contributed by atoms with van der Waals surface area (Å²) in [6, 6.07) is 1.66. The van der Waals surface area contributed by atoms with Gasteiger partial charge in [-0.3, -0.25) is 9.59 Å². The molecule has 0 spiro atoms. The van der Waals surface area contributed by atoms with Crippen molar-refractivity contribution in [3.05, 3.63) is 29.8 Å². The molecular formula is C33H48F2N2O5S. The number of nitrogens with one attached hydrogen (secondary N) is 2. The molecule has 10 atom stereocenters. The zero-order chi connectivity index (χ0) is 31.3. The lowest BCUT2D eigenvalue weighted by atomic mass is 9.41. The Balaban J connectivity index is 1.19. The third-order valence-electron chi connectivity index (χ3n) is 12.6. The fraction of sp³-hybridized carbons (Fsp3) is 0.758. The van der Waals surface area contributed by atoms with Gasteiger partial charge in [-0.1, -0.05) is 47.0 Å². The van der Waals surface area contributed by atoms with Crippen molar-refractivity contribution in [2.24, 2.45) is 52.3 Å². The average molecular weight is 623 g/mol. The highest BCUT2D eigenvalue weighted by molar-refractivity contribution is 7.90. The summed E-state index contributed by atoms with van der Waals surface area (Å²) >= 11 is 0. The van der Waals surface area contributed by atoms with E-state index in [1.807, 2.05) is 0 Å². The number of aliphatic hydroxyl groups is 1. The lowest BCUT2D eigenvalue weighted by Crippen LogP contribution is -2.61. The van der Waals surface area contributed by atoms with Crippen LogP contribution in [0.3, 0.4) is 0 Å². The molecule has 0 unspecified atom stereocenters. The number of carbonyl (C=O) groups is 2. The van der Waals surface area contributed by atoms with Crippen LogP contribution in [-0.4, -0.2) is 38.0 Å². The van der Waals surface area contributed by atoms with E-state index < -0.39 is 38.4 Å². The molecule has 0 radical (unpaired) electrons. The van der Waals surface area contributed by atoms with E-state index >= 15 is 0 Å². The zero-order valence-electron chi connectivity index (χ0n) is 25.9. The van der Waals surface area contributed by atoms with Crippen LogP contribution in [0.4, 0.5) is 8.78 Å². The Bertz CT molecular complexity index is 1320. The van der Waals surface area contributed by atoms with Gasteiger partial charge in [-0.15, -0.1) is 0 Å². The van der Waals surface area contributed by atoms with Gasteiger partial charge in [0.05, 0.1) is 11.0 Å². The van der Waals surface area contributed by atoms with E-state index in [0.29, 0.717) is 65.5 Å². The van der Waals surface area contributed by atoms with Crippen LogP contribution in [0.2, 0.25) is 0 Å². The number of fused-ring (bicyclic) bond motifs is 5. The maximum Gasteiger partial charge on any atom is 0.322 e. The normalized spacial score (nSPS) is 37.9. The number of aliphatic hydroxyl groups excluding tert-OH is 1. The minimum atomic E-state index is -4.62. The number of benzene rings is 1. The smallest absolute Gasteiger partial charge is 0.322 e. The van der Waals surface area contributed by atoms with Crippen molar-refractivity contribution in [3.8, 4) is 0 Å². The number of rotatable bonds is 7. The molecule has 240 valence electrons. The summed E-state index contributed by atoms with van der Waals surface area (Å²) < 4.78 is 53.3. The summed E-state index contributed by atoms with van der Waals surface area (Å²) in [6.45, 7) is 9.57. The van der Waals surface area contributed by atoms with Gasteiger partial charge >= 0.3 is 11.8 Å². The van der Waals surface area contributed by atoms with Crippen LogP contribution in [0.1, 0.15) is 91.9 Å². The van der Waals surface area contributed by atoms with Gasteiger partial charge < -0.3 is 10.4 Å². The van der Waals surface area contributed by atoms with E-state index in [2.05, 4.69) is 33.0 Å². The number of hydrogen-bond acceptors (Lipinski definition) is 5. The van der Waals surface area contributed by atoms with Crippen LogP contribution >= 0.6 is 0 Å². The molecule has 3 N–H and O–H groups in total. The average Bonchev–Trinajstić information content (AvgIpc) is 3.29. The molecule has 5 rings (SSSR count). The molecule has 1 aromatic carbocycles. The highest BCUT2D eigenvalue weighted by Crippen LogP contribution is 2.69. The fourth-order valence-corrected chi connectivity index (χ4v) is 11.6. The van der Waals surface area contributed by atoms with Gasteiger partial charge in [-0.2, -0.15) is 0 Å². The monoisotopic (exact) mass is 622 g/mol. The molecule has 7 nitrogen and oxygen atoms in total. The van der Waals surface area contributed by atoms with Crippen LogP contribution in [0.25, 0.3) is 0 Å². The predicted molar refractivity (Wildman–Crippen MR) is 159 cm³/mol. The Morgan fingerprint density at radius 1 is 0.953 bits per heavy atom. The molecule has 0 bridgehead atoms. The predicted octanol–water partition coefficient (Wildman–Crippen LogP) is 5.57. The number of sulfonamides is 1. The Morgan fingerprint density at radius 3 is 2.30 bits per heavy atom. The van der Waals surface area contributed by atoms with E-state index in [1.54, 1.807) is 4.72 Å². The molecule has 4 aliphatic rings. The molecule has 0 heterocycles. The van der Waals surface area contributed by atoms with Crippen molar-refractivity contribution in [3.63, 3.8) is 0 Å². The second-order valence-corrected chi connectivity index (χ2v) is 16.2. The van der Waals surface area contributed by atoms with Crippen molar-refractivity contribution < 1.29 is 31.9 Å². The SMILES string of the molecule is CC[C@H]1[C@@H](O)[C@@H]2[C@H](CC[C@]3(C)[C@@H]([C@H](C)CCNC(=O)C(=O)NS(=O)(=O)c4cc(F)cc(F)c4)CC[C@@H]23)[C@@]2(C)CCCC[C@@H]12. The number of hydrogen-bond donors (Lipinski definition) is 3. The third-order valence-corrected chi connectivity index (χ3v) is 13.9. The second-order valence-electron chi connectivity index (χ2n) is 14.5. The minimum absolute atomic E-state index is 0.105. The van der Waals surface area contributed by atoms with Gasteiger partial charge in [0.1, 0.15) is 11.6 Å².